The van der Waals surface area contributed by atoms with Crippen LogP contribution in [0.4, 0.5) is 37.7 Å². The van der Waals surface area contributed by atoms with Crippen LogP contribution in [-0.4, -0.2) is 17.7 Å². The predicted octanol–water partition coefficient (Wildman–Crippen LogP) is 5.28. The zero-order valence-electron chi connectivity index (χ0n) is 11.8. The molecule has 0 aliphatic heterocycles. The van der Waals surface area contributed by atoms with Crippen LogP contribution in [-0.2, 0) is 12.7 Å². The van der Waals surface area contributed by atoms with Crippen LogP contribution in [0.2, 0.25) is 0 Å². The predicted molar refractivity (Wildman–Crippen MR) is 76.9 cm³/mol. The Labute approximate surface area is 137 Å². The molecule has 24 heavy (non-hydrogen) atoms. The molecule has 1 aromatic heterocycles. The zero-order valence-corrected chi connectivity index (χ0v) is 12.6. The quantitative estimate of drug-likeness (QED) is 0.543. The summed E-state index contributed by atoms with van der Waals surface area (Å²) in [6.07, 6.45) is -8.07. The Hall–Kier alpha value is -2.28. The van der Waals surface area contributed by atoms with Crippen LogP contribution in [0.3, 0.4) is 0 Å². The van der Waals surface area contributed by atoms with E-state index in [1.54, 1.807) is 0 Å². The molecule has 1 aromatic carbocycles. The van der Waals surface area contributed by atoms with E-state index >= 15 is 0 Å². The van der Waals surface area contributed by atoms with Crippen molar-refractivity contribution in [1.29, 1.82) is 0 Å². The lowest BCUT2D eigenvalue weighted by atomic mass is 10.1. The van der Waals surface area contributed by atoms with Gasteiger partial charge in [-0.3, -0.25) is 4.98 Å². The average Bonchev–Trinajstić information content (AvgIpc) is 2.96. The first-order valence-corrected chi connectivity index (χ1v) is 7.26. The number of halogens is 6. The molecular formula is C14H9F6N3S. The molecule has 2 rings (SSSR count). The van der Waals surface area contributed by atoms with E-state index < -0.39 is 30.1 Å². The smallest absolute Gasteiger partial charge is 0.357 e. The van der Waals surface area contributed by atoms with Gasteiger partial charge >= 0.3 is 12.4 Å². The lowest BCUT2D eigenvalue weighted by Gasteiger charge is -2.26. The monoisotopic (exact) mass is 365 g/mol. The van der Waals surface area contributed by atoms with Gasteiger partial charge in [-0.05, 0) is 12.1 Å². The second-order valence-corrected chi connectivity index (χ2v) is 5.72. The van der Waals surface area contributed by atoms with Crippen LogP contribution in [0.5, 0.6) is 0 Å². The maximum Gasteiger partial charge on any atom is 0.407 e. The van der Waals surface area contributed by atoms with Gasteiger partial charge in [-0.1, -0.05) is 6.07 Å². The van der Waals surface area contributed by atoms with Crippen LogP contribution in [0, 0.1) is 6.57 Å². The highest BCUT2D eigenvalue weighted by atomic mass is 32.1. The van der Waals surface area contributed by atoms with Gasteiger partial charge in [0.2, 0.25) is 0 Å². The van der Waals surface area contributed by atoms with E-state index in [2.05, 4.69) is 9.83 Å². The van der Waals surface area contributed by atoms with Crippen molar-refractivity contribution in [2.75, 3.05) is 11.4 Å². The van der Waals surface area contributed by atoms with Gasteiger partial charge in [0.25, 0.3) is 0 Å². The highest BCUT2D eigenvalue weighted by Crippen LogP contribution is 2.39. The van der Waals surface area contributed by atoms with Crippen molar-refractivity contribution < 1.29 is 26.3 Å². The van der Waals surface area contributed by atoms with Gasteiger partial charge in [0.15, 0.2) is 5.69 Å². The number of anilines is 1. The Balaban J connectivity index is 2.44. The molecule has 3 nitrogen and oxygen atoms in total. The van der Waals surface area contributed by atoms with Gasteiger partial charge in [0, 0.05) is 16.8 Å². The van der Waals surface area contributed by atoms with E-state index in [1.165, 1.54) is 11.7 Å². The Morgan fingerprint density at radius 1 is 1.17 bits per heavy atom. The lowest BCUT2D eigenvalue weighted by molar-refractivity contribution is -0.136. The van der Waals surface area contributed by atoms with Gasteiger partial charge in [0.05, 0.1) is 24.2 Å². The number of nitrogens with zero attached hydrogens (tertiary/aromatic N) is 3. The summed E-state index contributed by atoms with van der Waals surface area (Å²) in [6, 6.07) is 2.52. The van der Waals surface area contributed by atoms with Gasteiger partial charge in [-0.25, -0.2) is 4.85 Å². The minimum absolute atomic E-state index is 0.237. The third kappa shape index (κ3) is 4.61. The average molecular weight is 365 g/mol. The number of aromatic nitrogens is 1. The van der Waals surface area contributed by atoms with E-state index in [9.17, 15) is 26.3 Å². The van der Waals surface area contributed by atoms with Crippen molar-refractivity contribution in [1.82, 2.24) is 4.98 Å². The summed E-state index contributed by atoms with van der Waals surface area (Å²) in [6.45, 7) is 5.12. The maximum atomic E-state index is 13.0. The van der Waals surface area contributed by atoms with E-state index in [4.69, 9.17) is 6.57 Å². The summed E-state index contributed by atoms with van der Waals surface area (Å²) in [5, 5.41) is 0. The Morgan fingerprint density at radius 3 is 2.38 bits per heavy atom. The molecule has 1 heterocycles. The zero-order chi connectivity index (χ0) is 18.0. The van der Waals surface area contributed by atoms with E-state index in [0.717, 1.165) is 28.4 Å². The first-order chi connectivity index (χ1) is 11.1. The van der Waals surface area contributed by atoms with Crippen molar-refractivity contribution in [3.05, 3.63) is 51.8 Å². The molecule has 2 aromatic rings. The van der Waals surface area contributed by atoms with Crippen molar-refractivity contribution in [3.8, 4) is 0 Å². The molecule has 0 aliphatic rings. The van der Waals surface area contributed by atoms with Crippen LogP contribution >= 0.6 is 11.3 Å². The SMILES string of the molecule is [C-]#[N+]c1ccc(N(Cc2cncs2)CC(F)(F)F)cc1C(F)(F)F. The molecule has 10 heteroatoms. The van der Waals surface area contributed by atoms with Crippen LogP contribution in [0.15, 0.2) is 29.9 Å². The normalized spacial score (nSPS) is 12.0. The van der Waals surface area contributed by atoms with E-state index in [0.29, 0.717) is 10.9 Å². The molecule has 0 saturated carbocycles. The number of hydrogen-bond acceptors (Lipinski definition) is 3. The van der Waals surface area contributed by atoms with Crippen molar-refractivity contribution in [2.45, 2.75) is 18.9 Å². The summed E-state index contributed by atoms with van der Waals surface area (Å²) < 4.78 is 77.3. The second kappa shape index (κ2) is 6.68. The Kier molecular flexibility index (Phi) is 5.03. The molecule has 128 valence electrons. The molecule has 0 spiro atoms. The molecular weight excluding hydrogens is 356 g/mol. The van der Waals surface area contributed by atoms with Gasteiger partial charge in [0.1, 0.15) is 6.54 Å². The van der Waals surface area contributed by atoms with Crippen LogP contribution in [0.25, 0.3) is 4.85 Å². The first-order valence-electron chi connectivity index (χ1n) is 6.38. The van der Waals surface area contributed by atoms with E-state index in [1.807, 2.05) is 0 Å². The van der Waals surface area contributed by atoms with Gasteiger partial charge < -0.3 is 4.90 Å². The summed E-state index contributed by atoms with van der Waals surface area (Å²) >= 11 is 1.10. The summed E-state index contributed by atoms with van der Waals surface area (Å²) in [4.78, 5) is 7.76. The van der Waals surface area contributed by atoms with Crippen molar-refractivity contribution >= 4 is 22.7 Å². The number of rotatable bonds is 4. The molecule has 0 atom stereocenters. The third-order valence-electron chi connectivity index (χ3n) is 2.97. The molecule has 0 radical (unpaired) electrons. The standard InChI is InChI=1S/C14H9F6N3S/c1-21-12-3-2-9(4-11(12)14(18,19)20)23(7-13(15,16)17)6-10-5-22-8-24-10/h2-5,8H,6-7H2. The first kappa shape index (κ1) is 18.1. The van der Waals surface area contributed by atoms with Crippen LogP contribution < -0.4 is 4.90 Å². The molecule has 0 amide bonds. The molecule has 0 unspecified atom stereocenters. The largest absolute Gasteiger partial charge is 0.407 e. The molecule has 0 aliphatic carbocycles. The third-order valence-corrected chi connectivity index (χ3v) is 3.74. The van der Waals surface area contributed by atoms with Gasteiger partial charge in [-0.2, -0.15) is 26.3 Å². The Morgan fingerprint density at radius 2 is 1.88 bits per heavy atom. The number of alkyl halides is 6. The van der Waals surface area contributed by atoms with Crippen molar-refractivity contribution in [3.63, 3.8) is 0 Å². The lowest BCUT2D eigenvalue weighted by Crippen LogP contribution is -2.33. The topological polar surface area (TPSA) is 20.5 Å². The molecule has 0 fully saturated rings. The number of hydrogen-bond donors (Lipinski definition) is 0. The highest BCUT2D eigenvalue weighted by Gasteiger charge is 2.35. The molecule has 0 bridgehead atoms. The fraction of sp³-hybridized carbons (Fsp3) is 0.286. The minimum Gasteiger partial charge on any atom is -0.357 e. The highest BCUT2D eigenvalue weighted by molar-refractivity contribution is 7.09. The molecule has 0 N–H and O–H groups in total. The maximum absolute atomic E-state index is 13.0. The van der Waals surface area contributed by atoms with Crippen molar-refractivity contribution in [2.24, 2.45) is 0 Å². The van der Waals surface area contributed by atoms with Gasteiger partial charge in [-0.15, -0.1) is 11.3 Å². The number of benzene rings is 1. The molecule has 0 saturated heterocycles. The fourth-order valence-corrected chi connectivity index (χ4v) is 2.62. The Bertz CT molecular complexity index is 730. The van der Waals surface area contributed by atoms with E-state index in [-0.39, 0.29) is 12.2 Å². The summed E-state index contributed by atoms with van der Waals surface area (Å²) in [5.74, 6) is 0. The summed E-state index contributed by atoms with van der Waals surface area (Å²) in [5.41, 5.74) is -0.757. The minimum atomic E-state index is -4.83. The second-order valence-electron chi connectivity index (χ2n) is 4.75. The van der Waals surface area contributed by atoms with Crippen LogP contribution in [0.1, 0.15) is 10.4 Å². The number of thiazole rings is 1. The fourth-order valence-electron chi connectivity index (χ4n) is 2.01. The summed E-state index contributed by atoms with van der Waals surface area (Å²) in [7, 11) is 0.